The first-order chi connectivity index (χ1) is 16.7. The Hall–Kier alpha value is -2.88. The fourth-order valence-corrected chi connectivity index (χ4v) is 4.84. The summed E-state index contributed by atoms with van der Waals surface area (Å²) >= 11 is 1.49. The summed E-state index contributed by atoms with van der Waals surface area (Å²) < 4.78 is 23.2. The number of ether oxygens (including phenoxy) is 4. The van der Waals surface area contributed by atoms with Crippen LogP contribution in [-0.2, 0) is 9.53 Å². The molecule has 1 fully saturated rings. The number of para-hydroxylation sites is 1. The van der Waals surface area contributed by atoms with Gasteiger partial charge in [-0.1, -0.05) is 23.5 Å². The standard InChI is InChI=1S/C25H31N3O5S/c1-3-32-21-9-5-10-22-24(21)26-25(34-22)28(12-6-11-27-13-15-31-16-14-27)23(29)18-33-20-8-4-7-19(17-20)30-2/h4-5,7-10,17H,3,6,11-16,18H2,1-2H3. The lowest BCUT2D eigenvalue weighted by Crippen LogP contribution is -2.40. The lowest BCUT2D eigenvalue weighted by atomic mass is 10.3. The second-order valence-corrected chi connectivity index (χ2v) is 8.86. The number of aromatic nitrogens is 1. The molecule has 0 unspecified atom stereocenters. The highest BCUT2D eigenvalue weighted by Crippen LogP contribution is 2.34. The first kappa shape index (κ1) is 24.3. The molecular weight excluding hydrogens is 454 g/mol. The average Bonchev–Trinajstić information content (AvgIpc) is 3.31. The zero-order valence-corrected chi connectivity index (χ0v) is 20.5. The molecule has 0 spiro atoms. The fourth-order valence-electron chi connectivity index (χ4n) is 3.82. The summed E-state index contributed by atoms with van der Waals surface area (Å²) in [6.45, 7) is 7.24. The van der Waals surface area contributed by atoms with Crippen molar-refractivity contribution in [2.45, 2.75) is 13.3 Å². The molecule has 1 aliphatic heterocycles. The molecule has 0 bridgehead atoms. The van der Waals surface area contributed by atoms with Gasteiger partial charge in [0.15, 0.2) is 11.7 Å². The maximum absolute atomic E-state index is 13.3. The number of carbonyl (C=O) groups excluding carboxylic acids is 1. The molecule has 0 saturated carbocycles. The van der Waals surface area contributed by atoms with Crippen molar-refractivity contribution in [3.63, 3.8) is 0 Å². The quantitative estimate of drug-likeness (QED) is 0.409. The van der Waals surface area contributed by atoms with Gasteiger partial charge in [0.25, 0.3) is 5.91 Å². The Labute approximate surface area is 204 Å². The van der Waals surface area contributed by atoms with E-state index in [4.69, 9.17) is 23.9 Å². The molecule has 182 valence electrons. The van der Waals surface area contributed by atoms with E-state index in [0.29, 0.717) is 29.8 Å². The number of morpholine rings is 1. The van der Waals surface area contributed by atoms with Gasteiger partial charge in [-0.25, -0.2) is 4.98 Å². The highest BCUT2D eigenvalue weighted by Gasteiger charge is 2.22. The molecule has 2 heterocycles. The van der Waals surface area contributed by atoms with Crippen molar-refractivity contribution >= 4 is 32.6 Å². The predicted octanol–water partition coefficient (Wildman–Crippen LogP) is 3.84. The number of hydrogen-bond donors (Lipinski definition) is 0. The van der Waals surface area contributed by atoms with Gasteiger partial charge in [0.05, 0.1) is 31.6 Å². The maximum atomic E-state index is 13.3. The van der Waals surface area contributed by atoms with Gasteiger partial charge in [-0.05, 0) is 37.6 Å². The van der Waals surface area contributed by atoms with Crippen LogP contribution >= 0.6 is 11.3 Å². The van der Waals surface area contributed by atoms with Crippen LogP contribution in [0.15, 0.2) is 42.5 Å². The highest BCUT2D eigenvalue weighted by atomic mass is 32.1. The minimum absolute atomic E-state index is 0.0844. The minimum Gasteiger partial charge on any atom is -0.497 e. The lowest BCUT2D eigenvalue weighted by molar-refractivity contribution is -0.120. The van der Waals surface area contributed by atoms with Crippen LogP contribution < -0.4 is 19.1 Å². The van der Waals surface area contributed by atoms with Crippen molar-refractivity contribution in [2.24, 2.45) is 0 Å². The molecule has 1 saturated heterocycles. The number of fused-ring (bicyclic) bond motifs is 1. The summed E-state index contributed by atoms with van der Waals surface area (Å²) in [6.07, 6.45) is 0.832. The summed E-state index contributed by atoms with van der Waals surface area (Å²) in [4.78, 5) is 22.2. The Morgan fingerprint density at radius 2 is 1.94 bits per heavy atom. The Kier molecular flexibility index (Phi) is 8.56. The number of hydrogen-bond acceptors (Lipinski definition) is 8. The second-order valence-electron chi connectivity index (χ2n) is 7.85. The van der Waals surface area contributed by atoms with E-state index in [1.807, 2.05) is 43.3 Å². The number of thiazole rings is 1. The van der Waals surface area contributed by atoms with E-state index in [-0.39, 0.29) is 12.5 Å². The Balaban J connectivity index is 1.50. The third-order valence-corrected chi connectivity index (χ3v) is 6.61. The Morgan fingerprint density at radius 3 is 2.74 bits per heavy atom. The van der Waals surface area contributed by atoms with Crippen LogP contribution in [0.2, 0.25) is 0 Å². The van der Waals surface area contributed by atoms with Crippen molar-refractivity contribution in [3.05, 3.63) is 42.5 Å². The molecule has 8 nitrogen and oxygen atoms in total. The summed E-state index contributed by atoms with van der Waals surface area (Å²) in [5, 5.41) is 0.656. The number of rotatable bonds is 11. The third kappa shape index (κ3) is 6.16. The summed E-state index contributed by atoms with van der Waals surface area (Å²) in [5.41, 5.74) is 0.782. The van der Waals surface area contributed by atoms with Crippen LogP contribution in [0.1, 0.15) is 13.3 Å². The van der Waals surface area contributed by atoms with Crippen molar-refractivity contribution in [2.75, 3.05) is 64.6 Å². The summed E-state index contributed by atoms with van der Waals surface area (Å²) in [6, 6.07) is 13.1. The molecule has 1 aliphatic rings. The third-order valence-electron chi connectivity index (χ3n) is 5.57. The van der Waals surface area contributed by atoms with Gasteiger partial charge >= 0.3 is 0 Å². The Bertz CT molecular complexity index is 1080. The van der Waals surface area contributed by atoms with Crippen molar-refractivity contribution in [3.8, 4) is 17.2 Å². The van der Waals surface area contributed by atoms with Gasteiger partial charge in [-0.15, -0.1) is 0 Å². The predicted molar refractivity (Wildman–Crippen MR) is 134 cm³/mol. The normalized spacial score (nSPS) is 14.2. The highest BCUT2D eigenvalue weighted by molar-refractivity contribution is 7.22. The van der Waals surface area contributed by atoms with Gasteiger partial charge in [0.2, 0.25) is 0 Å². The molecule has 1 aromatic heterocycles. The van der Waals surface area contributed by atoms with E-state index in [1.54, 1.807) is 18.1 Å². The average molecular weight is 486 g/mol. The number of benzene rings is 2. The molecule has 1 amide bonds. The van der Waals surface area contributed by atoms with E-state index in [1.165, 1.54) is 11.3 Å². The summed E-state index contributed by atoms with van der Waals surface area (Å²) in [5.74, 6) is 1.86. The molecule has 4 rings (SSSR count). The van der Waals surface area contributed by atoms with Crippen LogP contribution in [0.25, 0.3) is 10.2 Å². The zero-order chi connectivity index (χ0) is 23.8. The van der Waals surface area contributed by atoms with Gasteiger partial charge < -0.3 is 18.9 Å². The topological polar surface area (TPSA) is 73.4 Å². The van der Waals surface area contributed by atoms with Crippen LogP contribution in [0.5, 0.6) is 17.2 Å². The smallest absolute Gasteiger partial charge is 0.266 e. The van der Waals surface area contributed by atoms with Gasteiger partial charge in [-0.3, -0.25) is 14.6 Å². The number of anilines is 1. The molecular formula is C25H31N3O5S. The summed E-state index contributed by atoms with van der Waals surface area (Å²) in [7, 11) is 1.60. The number of amides is 1. The number of nitrogens with zero attached hydrogens (tertiary/aromatic N) is 3. The van der Waals surface area contributed by atoms with E-state index in [2.05, 4.69) is 4.90 Å². The van der Waals surface area contributed by atoms with Gasteiger partial charge in [0.1, 0.15) is 22.8 Å². The van der Waals surface area contributed by atoms with Crippen LogP contribution in [-0.4, -0.2) is 75.5 Å². The number of carbonyl (C=O) groups is 1. The first-order valence-corrected chi connectivity index (χ1v) is 12.4. The van der Waals surface area contributed by atoms with Gasteiger partial charge in [-0.2, -0.15) is 0 Å². The van der Waals surface area contributed by atoms with E-state index in [9.17, 15) is 4.79 Å². The molecule has 0 N–H and O–H groups in total. The molecule has 0 radical (unpaired) electrons. The van der Waals surface area contributed by atoms with Crippen molar-refractivity contribution in [1.82, 2.24) is 9.88 Å². The molecule has 3 aromatic rings. The number of methoxy groups -OCH3 is 1. The molecule has 2 aromatic carbocycles. The lowest BCUT2D eigenvalue weighted by Gasteiger charge is -2.27. The molecule has 34 heavy (non-hydrogen) atoms. The largest absolute Gasteiger partial charge is 0.497 e. The van der Waals surface area contributed by atoms with Crippen LogP contribution in [0.3, 0.4) is 0 Å². The monoisotopic (exact) mass is 485 g/mol. The van der Waals surface area contributed by atoms with E-state index < -0.39 is 0 Å². The van der Waals surface area contributed by atoms with E-state index >= 15 is 0 Å². The molecule has 0 aliphatic carbocycles. The first-order valence-electron chi connectivity index (χ1n) is 11.6. The Morgan fingerprint density at radius 1 is 1.15 bits per heavy atom. The van der Waals surface area contributed by atoms with E-state index in [0.717, 1.165) is 55.2 Å². The second kappa shape index (κ2) is 12.0. The van der Waals surface area contributed by atoms with Gasteiger partial charge in [0, 0.05) is 32.2 Å². The SMILES string of the molecule is CCOc1cccc2sc(N(CCCN3CCOCC3)C(=O)COc3cccc(OC)c3)nc12. The molecule has 9 heteroatoms. The zero-order valence-electron chi connectivity index (χ0n) is 19.7. The van der Waals surface area contributed by atoms with Crippen molar-refractivity contribution < 1.29 is 23.7 Å². The van der Waals surface area contributed by atoms with Crippen LogP contribution in [0.4, 0.5) is 5.13 Å². The van der Waals surface area contributed by atoms with Crippen molar-refractivity contribution in [1.29, 1.82) is 0 Å². The maximum Gasteiger partial charge on any atom is 0.266 e. The fraction of sp³-hybridized carbons (Fsp3) is 0.440. The minimum atomic E-state index is -0.137. The molecule has 0 atom stereocenters. The van der Waals surface area contributed by atoms with Crippen LogP contribution in [0, 0.1) is 0 Å².